The molecule has 1 aliphatic rings. The number of para-hydroxylation sites is 1. The minimum absolute atomic E-state index is 0.0170. The fourth-order valence-electron chi connectivity index (χ4n) is 4.65. The number of nitrogens with zero attached hydrogens (tertiary/aromatic N) is 5. The third-order valence-corrected chi connectivity index (χ3v) is 7.17. The standard InChI is InChI=1S/C27H27F3N6O5/c1-4-26(3,5-2)40-25(38)35-12-10-16(11-13-35)19-14-21(37)32-23-18(15-31-36(19)23)22-33-24(41-34-22)17-8-6-7-9-20(17)39-27(28,29)30/h4,6-9,14-16H,1,5,10-13H2,2-3H3,(H,32,37). The normalized spacial score (nSPS) is 16.0. The van der Waals surface area contributed by atoms with Crippen LogP contribution in [0.3, 0.4) is 0 Å². The number of carbonyl (C=O) groups is 1. The number of aromatic nitrogens is 5. The number of rotatable bonds is 7. The van der Waals surface area contributed by atoms with Gasteiger partial charge in [0.1, 0.15) is 17.0 Å². The highest BCUT2D eigenvalue weighted by molar-refractivity contribution is 5.74. The molecule has 1 saturated heterocycles. The van der Waals surface area contributed by atoms with Gasteiger partial charge in [0.15, 0.2) is 0 Å². The molecule has 216 valence electrons. The molecule has 1 atom stereocenters. The summed E-state index contributed by atoms with van der Waals surface area (Å²) in [5.74, 6) is -0.762. The largest absolute Gasteiger partial charge is 0.573 e. The van der Waals surface area contributed by atoms with Crippen molar-refractivity contribution in [2.45, 2.75) is 51.0 Å². The van der Waals surface area contributed by atoms with E-state index < -0.39 is 23.8 Å². The summed E-state index contributed by atoms with van der Waals surface area (Å²) in [5, 5.41) is 8.32. The van der Waals surface area contributed by atoms with Crippen LogP contribution in [-0.2, 0) is 4.74 Å². The van der Waals surface area contributed by atoms with Crippen LogP contribution in [0.4, 0.5) is 18.0 Å². The number of piperidine rings is 1. The number of amides is 1. The van der Waals surface area contributed by atoms with Gasteiger partial charge in [-0.15, -0.1) is 13.2 Å². The van der Waals surface area contributed by atoms with Gasteiger partial charge in [0.05, 0.1) is 23.0 Å². The molecule has 1 amide bonds. The van der Waals surface area contributed by atoms with Gasteiger partial charge in [-0.05, 0) is 44.4 Å². The topological polar surface area (TPSA) is 128 Å². The van der Waals surface area contributed by atoms with Gasteiger partial charge in [0.2, 0.25) is 5.82 Å². The van der Waals surface area contributed by atoms with Crippen LogP contribution in [0.15, 0.2) is 58.5 Å². The van der Waals surface area contributed by atoms with E-state index in [0.29, 0.717) is 49.3 Å². The number of hydrogen-bond acceptors (Lipinski definition) is 8. The predicted molar refractivity (Wildman–Crippen MR) is 140 cm³/mol. The van der Waals surface area contributed by atoms with Gasteiger partial charge < -0.3 is 23.9 Å². The first-order valence-corrected chi connectivity index (χ1v) is 12.9. The van der Waals surface area contributed by atoms with E-state index >= 15 is 0 Å². The Bertz CT molecular complexity index is 1640. The molecular weight excluding hydrogens is 545 g/mol. The molecule has 1 fully saturated rings. The second-order valence-corrected chi connectivity index (χ2v) is 9.84. The highest BCUT2D eigenvalue weighted by Crippen LogP contribution is 2.35. The van der Waals surface area contributed by atoms with Crippen LogP contribution in [0.25, 0.3) is 28.5 Å². The summed E-state index contributed by atoms with van der Waals surface area (Å²) in [6.07, 6.45) is -0.530. The van der Waals surface area contributed by atoms with Gasteiger partial charge in [0, 0.05) is 25.1 Å². The fraction of sp³-hybridized carbons (Fsp3) is 0.370. The number of benzene rings is 1. The summed E-state index contributed by atoms with van der Waals surface area (Å²) >= 11 is 0. The number of ether oxygens (including phenoxy) is 2. The van der Waals surface area contributed by atoms with Crippen molar-refractivity contribution in [2.24, 2.45) is 0 Å². The molecule has 1 unspecified atom stereocenters. The number of fused-ring (bicyclic) bond motifs is 1. The van der Waals surface area contributed by atoms with Crippen LogP contribution in [-0.4, -0.2) is 60.8 Å². The first kappa shape index (κ1) is 27.9. The number of aromatic amines is 1. The SMILES string of the molecule is C=CC(C)(CC)OC(=O)N1CCC(c2cc(=O)[nH]c3c(-c4noc(-c5ccccc5OC(F)(F)F)n4)cnn23)CC1. The van der Waals surface area contributed by atoms with Crippen molar-refractivity contribution >= 4 is 11.7 Å². The number of hydrogen-bond donors (Lipinski definition) is 1. The Morgan fingerprint density at radius 1 is 1.24 bits per heavy atom. The number of H-pyrrole nitrogens is 1. The molecule has 1 aliphatic heterocycles. The zero-order valence-electron chi connectivity index (χ0n) is 22.3. The Labute approximate surface area is 231 Å². The van der Waals surface area contributed by atoms with Gasteiger partial charge in [0.25, 0.3) is 11.4 Å². The molecule has 0 radical (unpaired) electrons. The van der Waals surface area contributed by atoms with E-state index in [1.165, 1.54) is 30.5 Å². The van der Waals surface area contributed by atoms with Crippen LogP contribution in [0.1, 0.15) is 44.7 Å². The maximum absolute atomic E-state index is 12.9. The Balaban J connectivity index is 1.39. The monoisotopic (exact) mass is 572 g/mol. The first-order valence-electron chi connectivity index (χ1n) is 12.9. The summed E-state index contributed by atoms with van der Waals surface area (Å²) in [6.45, 7) is 8.31. The van der Waals surface area contributed by atoms with Gasteiger partial charge >= 0.3 is 12.5 Å². The third kappa shape index (κ3) is 5.81. The van der Waals surface area contributed by atoms with Crippen LogP contribution in [0.2, 0.25) is 0 Å². The lowest BCUT2D eigenvalue weighted by Gasteiger charge is -2.34. The van der Waals surface area contributed by atoms with E-state index in [2.05, 4.69) is 31.5 Å². The van der Waals surface area contributed by atoms with Crippen molar-refractivity contribution in [2.75, 3.05) is 13.1 Å². The van der Waals surface area contributed by atoms with Gasteiger partial charge in [-0.1, -0.05) is 30.8 Å². The Kier molecular flexibility index (Phi) is 7.32. The molecular formula is C27H27F3N6O5. The number of alkyl halides is 3. The maximum Gasteiger partial charge on any atom is 0.573 e. The molecule has 14 heteroatoms. The predicted octanol–water partition coefficient (Wildman–Crippen LogP) is 5.31. The fourth-order valence-corrected chi connectivity index (χ4v) is 4.65. The molecule has 1 N–H and O–H groups in total. The van der Waals surface area contributed by atoms with E-state index in [-0.39, 0.29) is 28.8 Å². The highest BCUT2D eigenvalue weighted by atomic mass is 19.4. The minimum Gasteiger partial charge on any atom is -0.439 e. The molecule has 0 spiro atoms. The van der Waals surface area contributed by atoms with Crippen LogP contribution in [0, 0.1) is 0 Å². The average Bonchev–Trinajstić information content (AvgIpc) is 3.59. The zero-order valence-corrected chi connectivity index (χ0v) is 22.3. The average molecular weight is 573 g/mol. The quantitative estimate of drug-likeness (QED) is 0.295. The Hall–Kier alpha value is -4.62. The summed E-state index contributed by atoms with van der Waals surface area (Å²) in [5.41, 5.74) is 0.0740. The van der Waals surface area contributed by atoms with E-state index in [9.17, 15) is 22.8 Å². The smallest absolute Gasteiger partial charge is 0.439 e. The lowest BCUT2D eigenvalue weighted by atomic mass is 9.93. The molecule has 41 heavy (non-hydrogen) atoms. The molecule has 4 aromatic rings. The van der Waals surface area contributed by atoms with Gasteiger partial charge in [-0.25, -0.2) is 9.31 Å². The van der Waals surface area contributed by atoms with Crippen LogP contribution < -0.4 is 10.3 Å². The molecule has 5 rings (SSSR count). The van der Waals surface area contributed by atoms with Crippen LogP contribution >= 0.6 is 0 Å². The molecule has 3 aromatic heterocycles. The summed E-state index contributed by atoms with van der Waals surface area (Å²) < 4.78 is 55.1. The molecule has 4 heterocycles. The van der Waals surface area contributed by atoms with Crippen molar-refractivity contribution in [1.29, 1.82) is 0 Å². The molecule has 1 aromatic carbocycles. The van der Waals surface area contributed by atoms with Gasteiger partial charge in [-0.2, -0.15) is 10.1 Å². The lowest BCUT2D eigenvalue weighted by molar-refractivity contribution is -0.274. The van der Waals surface area contributed by atoms with E-state index in [0.717, 1.165) is 6.07 Å². The van der Waals surface area contributed by atoms with Gasteiger partial charge in [-0.3, -0.25) is 4.79 Å². The lowest BCUT2D eigenvalue weighted by Crippen LogP contribution is -2.42. The molecule has 0 bridgehead atoms. The third-order valence-electron chi connectivity index (χ3n) is 7.17. The first-order chi connectivity index (χ1) is 19.5. The number of carbonyl (C=O) groups excluding carboxylic acids is 1. The van der Waals surface area contributed by atoms with Crippen molar-refractivity contribution in [3.63, 3.8) is 0 Å². The summed E-state index contributed by atoms with van der Waals surface area (Å²) in [7, 11) is 0. The zero-order chi connectivity index (χ0) is 29.4. The van der Waals surface area contributed by atoms with E-state index in [4.69, 9.17) is 9.26 Å². The van der Waals surface area contributed by atoms with Crippen molar-refractivity contribution < 1.29 is 32.0 Å². The Morgan fingerprint density at radius 3 is 2.66 bits per heavy atom. The van der Waals surface area contributed by atoms with E-state index in [1.807, 2.05) is 6.92 Å². The van der Waals surface area contributed by atoms with E-state index in [1.54, 1.807) is 22.4 Å². The summed E-state index contributed by atoms with van der Waals surface area (Å²) in [6, 6.07) is 6.85. The number of halogens is 3. The van der Waals surface area contributed by atoms with Crippen molar-refractivity contribution in [3.8, 4) is 28.6 Å². The molecule has 11 nitrogen and oxygen atoms in total. The number of likely N-dealkylation sites (tertiary alicyclic amines) is 1. The second kappa shape index (κ2) is 10.7. The van der Waals surface area contributed by atoms with Crippen molar-refractivity contribution in [1.82, 2.24) is 29.6 Å². The minimum atomic E-state index is -4.91. The van der Waals surface area contributed by atoms with Crippen molar-refractivity contribution in [3.05, 3.63) is 65.2 Å². The second-order valence-electron chi connectivity index (χ2n) is 9.84. The number of nitrogens with one attached hydrogen (secondary N) is 1. The maximum atomic E-state index is 12.9. The van der Waals surface area contributed by atoms with Crippen LogP contribution in [0.5, 0.6) is 5.75 Å². The molecule has 0 saturated carbocycles. The summed E-state index contributed by atoms with van der Waals surface area (Å²) in [4.78, 5) is 33.9. The highest BCUT2D eigenvalue weighted by Gasteiger charge is 2.33. The Morgan fingerprint density at radius 2 is 1.98 bits per heavy atom. The molecule has 0 aliphatic carbocycles.